The zero-order valence-corrected chi connectivity index (χ0v) is 26.2. The molecule has 1 aromatic rings. The molecule has 5 aliphatic heterocycles. The molecular weight excluding hydrogens is 604 g/mol. The van der Waals surface area contributed by atoms with E-state index in [0.29, 0.717) is 57.0 Å². The summed E-state index contributed by atoms with van der Waals surface area (Å²) in [5.41, 5.74) is 5.94. The summed E-state index contributed by atoms with van der Waals surface area (Å²) >= 11 is 1.43. The van der Waals surface area contributed by atoms with E-state index in [1.54, 1.807) is 9.80 Å². The fraction of sp³-hybridized carbons (Fsp3) is 0.714. The van der Waals surface area contributed by atoms with Crippen LogP contribution in [-0.4, -0.2) is 138 Å². The van der Waals surface area contributed by atoms with Gasteiger partial charge in [0.05, 0.1) is 24.0 Å². The second-order valence-corrected chi connectivity index (χ2v) is 14.1. The standard InChI is InChI=1S/C28H40N10O6S/c1-14(7-17(39)12-37-13-32-33-34-37)21-22-15(2)24(23(28(43)44)38(22)27(21)42)45-18-9-20(31-11-18)26(41)36-5-3-35(4-6-36)25(40)19-8-16(29)10-30-19/h13-16,18-22,30-31H,3-12,29H2,1-2H3,(H,43,44)/t14-,15+,16+,18-,19+,20-,21+,22+/m0/s1. The zero-order chi connectivity index (χ0) is 32.0. The number of tetrazole rings is 1. The number of β-lactam (4-membered cyclic amide) rings is 1. The maximum atomic E-state index is 13.4. The molecule has 45 heavy (non-hydrogen) atoms. The van der Waals surface area contributed by atoms with Crippen molar-refractivity contribution in [2.75, 3.05) is 39.3 Å². The first-order valence-corrected chi connectivity index (χ1v) is 16.4. The Morgan fingerprint density at radius 2 is 1.71 bits per heavy atom. The van der Waals surface area contributed by atoms with E-state index < -0.39 is 17.9 Å². The molecule has 3 amide bonds. The molecule has 0 spiro atoms. The summed E-state index contributed by atoms with van der Waals surface area (Å²) in [6.07, 6.45) is 2.66. The van der Waals surface area contributed by atoms with Crippen LogP contribution in [0.2, 0.25) is 0 Å². The lowest BCUT2D eigenvalue weighted by Crippen LogP contribution is -2.62. The Bertz CT molecular complexity index is 1380. The second kappa shape index (κ2) is 12.8. The molecular formula is C28H40N10O6S. The molecule has 0 aromatic carbocycles. The molecule has 0 radical (unpaired) electrons. The number of aliphatic carboxylic acids is 1. The van der Waals surface area contributed by atoms with Gasteiger partial charge in [-0.2, -0.15) is 0 Å². The molecule has 5 N–H and O–H groups in total. The van der Waals surface area contributed by atoms with Crippen molar-refractivity contribution in [1.82, 2.24) is 45.5 Å². The number of fused-ring (bicyclic) bond motifs is 1. The number of nitrogens with two attached hydrogens (primary N) is 1. The van der Waals surface area contributed by atoms with Crippen molar-refractivity contribution >= 4 is 41.2 Å². The Kier molecular flexibility index (Phi) is 8.96. The van der Waals surface area contributed by atoms with Crippen LogP contribution in [-0.2, 0) is 30.5 Å². The number of carbonyl (C=O) groups is 5. The third kappa shape index (κ3) is 6.09. The minimum Gasteiger partial charge on any atom is -0.477 e. The summed E-state index contributed by atoms with van der Waals surface area (Å²) in [7, 11) is 0. The summed E-state index contributed by atoms with van der Waals surface area (Å²) in [4.78, 5) is 70.1. The molecule has 8 atom stereocenters. The topological polar surface area (TPSA) is 209 Å². The SMILES string of the molecule is C[C@@H](CC(=O)Cn1cnnn1)[C@H]1C(=O)N2C(C(=O)O)=C(S[C@@H]3CN[C@H](C(=O)N4CCN(C(=O)[C@H]5C[C@@H](N)CN5)CC4)C3)[C@H](C)[C@H]12. The average Bonchev–Trinajstić information content (AvgIpc) is 3.81. The third-order valence-corrected chi connectivity index (χ3v) is 11.2. The van der Waals surface area contributed by atoms with Gasteiger partial charge in [0.15, 0.2) is 5.78 Å². The Labute approximate surface area is 264 Å². The maximum Gasteiger partial charge on any atom is 0.353 e. The zero-order valence-electron chi connectivity index (χ0n) is 25.4. The fourth-order valence-corrected chi connectivity index (χ4v) is 8.93. The number of amides is 3. The van der Waals surface area contributed by atoms with E-state index >= 15 is 0 Å². The van der Waals surface area contributed by atoms with Gasteiger partial charge in [-0.25, -0.2) is 9.48 Å². The molecule has 4 fully saturated rings. The number of hydrogen-bond acceptors (Lipinski definition) is 12. The molecule has 6 rings (SSSR count). The summed E-state index contributed by atoms with van der Waals surface area (Å²) in [6, 6.07) is -1.00. The van der Waals surface area contributed by atoms with E-state index in [2.05, 4.69) is 26.2 Å². The molecule has 0 bridgehead atoms. The van der Waals surface area contributed by atoms with Gasteiger partial charge >= 0.3 is 5.97 Å². The van der Waals surface area contributed by atoms with E-state index in [-0.39, 0.29) is 77.4 Å². The maximum absolute atomic E-state index is 13.4. The first-order chi connectivity index (χ1) is 21.5. The highest BCUT2D eigenvalue weighted by atomic mass is 32.2. The molecule has 0 unspecified atom stereocenters. The summed E-state index contributed by atoms with van der Waals surface area (Å²) in [5, 5.41) is 27.3. The van der Waals surface area contributed by atoms with E-state index in [1.165, 1.54) is 27.7 Å². The summed E-state index contributed by atoms with van der Waals surface area (Å²) < 4.78 is 1.33. The van der Waals surface area contributed by atoms with Crippen LogP contribution in [0.25, 0.3) is 0 Å². The minimum absolute atomic E-state index is 0.0113. The van der Waals surface area contributed by atoms with Gasteiger partial charge in [-0.3, -0.25) is 19.2 Å². The number of nitrogens with zero attached hydrogens (tertiary/aromatic N) is 7. The average molecular weight is 645 g/mol. The molecule has 5 aliphatic rings. The highest BCUT2D eigenvalue weighted by Gasteiger charge is 2.60. The number of ketones is 1. The lowest BCUT2D eigenvalue weighted by atomic mass is 9.73. The number of nitrogens with one attached hydrogen (secondary N) is 2. The first kappa shape index (κ1) is 31.6. The Morgan fingerprint density at radius 3 is 2.29 bits per heavy atom. The lowest BCUT2D eigenvalue weighted by molar-refractivity contribution is -0.160. The third-order valence-electron chi connectivity index (χ3n) is 9.73. The normalized spacial score (nSPS) is 32.1. The monoisotopic (exact) mass is 644 g/mol. The second-order valence-electron chi connectivity index (χ2n) is 12.8. The smallest absolute Gasteiger partial charge is 0.353 e. The van der Waals surface area contributed by atoms with Crippen LogP contribution in [0, 0.1) is 17.8 Å². The van der Waals surface area contributed by atoms with Gasteiger partial charge in [-0.15, -0.1) is 16.9 Å². The van der Waals surface area contributed by atoms with Gasteiger partial charge in [0.25, 0.3) is 0 Å². The number of carboxylic acid groups (broad SMARTS) is 1. The van der Waals surface area contributed by atoms with Crippen molar-refractivity contribution in [2.45, 2.75) is 69.1 Å². The number of rotatable bonds is 10. The van der Waals surface area contributed by atoms with E-state index in [1.807, 2.05) is 13.8 Å². The van der Waals surface area contributed by atoms with Crippen molar-refractivity contribution in [3.05, 3.63) is 16.9 Å². The van der Waals surface area contributed by atoms with Crippen molar-refractivity contribution in [3.63, 3.8) is 0 Å². The van der Waals surface area contributed by atoms with Gasteiger partial charge in [-0.1, -0.05) is 13.8 Å². The van der Waals surface area contributed by atoms with Crippen molar-refractivity contribution < 1.29 is 29.1 Å². The van der Waals surface area contributed by atoms with Crippen LogP contribution in [0.3, 0.4) is 0 Å². The van der Waals surface area contributed by atoms with E-state index in [4.69, 9.17) is 5.73 Å². The number of carbonyl (C=O) groups excluding carboxylic acids is 4. The number of carboxylic acids is 1. The summed E-state index contributed by atoms with van der Waals surface area (Å²) in [5.74, 6) is -2.47. The highest BCUT2D eigenvalue weighted by molar-refractivity contribution is 8.03. The molecule has 0 saturated carbocycles. The highest BCUT2D eigenvalue weighted by Crippen LogP contribution is 2.53. The summed E-state index contributed by atoms with van der Waals surface area (Å²) in [6.45, 7) is 6.83. The van der Waals surface area contributed by atoms with Gasteiger partial charge < -0.3 is 36.2 Å². The Balaban J connectivity index is 1.03. The largest absolute Gasteiger partial charge is 0.477 e. The minimum atomic E-state index is -1.15. The van der Waals surface area contributed by atoms with Gasteiger partial charge in [0.1, 0.15) is 18.6 Å². The Morgan fingerprint density at radius 1 is 1.07 bits per heavy atom. The first-order valence-electron chi connectivity index (χ1n) is 15.5. The number of aromatic nitrogens is 4. The van der Waals surface area contributed by atoms with Gasteiger partial charge in [0.2, 0.25) is 17.7 Å². The lowest BCUT2D eigenvalue weighted by Gasteiger charge is -2.47. The van der Waals surface area contributed by atoms with Crippen LogP contribution in [0.5, 0.6) is 0 Å². The van der Waals surface area contributed by atoms with Crippen LogP contribution < -0.4 is 16.4 Å². The van der Waals surface area contributed by atoms with Crippen molar-refractivity contribution in [2.24, 2.45) is 23.5 Å². The number of hydrogen-bond donors (Lipinski definition) is 4. The predicted molar refractivity (Wildman–Crippen MR) is 160 cm³/mol. The van der Waals surface area contributed by atoms with E-state index in [0.717, 1.165) is 0 Å². The van der Waals surface area contributed by atoms with E-state index in [9.17, 15) is 29.1 Å². The predicted octanol–water partition coefficient (Wildman–Crippen LogP) is -2.13. The number of piperazine rings is 1. The number of Topliss-reactive ketones (excluding diaryl/α,β-unsaturated/α-hetero) is 1. The molecule has 244 valence electrons. The van der Waals surface area contributed by atoms with Crippen molar-refractivity contribution in [1.29, 1.82) is 0 Å². The molecule has 16 nitrogen and oxygen atoms in total. The molecule has 17 heteroatoms. The van der Waals surface area contributed by atoms with Gasteiger partial charge in [-0.05, 0) is 29.2 Å². The molecule has 0 aliphatic carbocycles. The van der Waals surface area contributed by atoms with Crippen molar-refractivity contribution in [3.8, 4) is 0 Å². The number of thioether (sulfide) groups is 1. The van der Waals surface area contributed by atoms with Crippen LogP contribution in [0.15, 0.2) is 16.9 Å². The molecule has 6 heterocycles. The van der Waals surface area contributed by atoms with Crippen LogP contribution >= 0.6 is 11.8 Å². The fourth-order valence-electron chi connectivity index (χ4n) is 7.45. The van der Waals surface area contributed by atoms with Crippen LogP contribution in [0.1, 0.15) is 33.1 Å². The van der Waals surface area contributed by atoms with Gasteiger partial charge in [0, 0.05) is 67.8 Å². The van der Waals surface area contributed by atoms with Crippen LogP contribution in [0.4, 0.5) is 0 Å². The quantitative estimate of drug-likeness (QED) is 0.201. The molecule has 1 aromatic heterocycles. The molecule has 4 saturated heterocycles. The Hall–Kier alpha value is -3.41.